The molecule has 1 aromatic rings. The van der Waals surface area contributed by atoms with Gasteiger partial charge in [-0.3, -0.25) is 0 Å². The maximum atomic E-state index is 3.45. The van der Waals surface area contributed by atoms with Crippen LogP contribution in [0.25, 0.3) is 0 Å². The molecule has 1 aromatic heterocycles. The Morgan fingerprint density at radius 3 is 2.53 bits per heavy atom. The fourth-order valence-corrected chi connectivity index (χ4v) is 2.22. The summed E-state index contributed by atoms with van der Waals surface area (Å²) in [6.45, 7) is 10.8. The lowest BCUT2D eigenvalue weighted by Gasteiger charge is -2.08. The van der Waals surface area contributed by atoms with E-state index >= 15 is 0 Å². The molecular weight excluding hydrogens is 204 g/mol. The standard InChI is InChI=1S/C12H22N2S/c1-10(2)6-13-4-5-14-7-12-9-15-8-11(12)3/h8-10,13-14H,4-7H2,1-3H3. The van der Waals surface area contributed by atoms with Gasteiger partial charge in [0.2, 0.25) is 0 Å². The quantitative estimate of drug-likeness (QED) is 0.698. The largest absolute Gasteiger partial charge is 0.315 e. The van der Waals surface area contributed by atoms with Crippen molar-refractivity contribution in [3.8, 4) is 0 Å². The molecule has 3 heteroatoms. The lowest BCUT2D eigenvalue weighted by Crippen LogP contribution is -2.29. The van der Waals surface area contributed by atoms with Crippen LogP contribution in [0.4, 0.5) is 0 Å². The SMILES string of the molecule is Cc1cscc1CNCCNCC(C)C. The van der Waals surface area contributed by atoms with E-state index in [0.717, 1.165) is 32.1 Å². The molecule has 86 valence electrons. The predicted octanol–water partition coefficient (Wildman–Crippen LogP) is 2.39. The highest BCUT2D eigenvalue weighted by Crippen LogP contribution is 2.12. The van der Waals surface area contributed by atoms with Gasteiger partial charge in [0.25, 0.3) is 0 Å². The van der Waals surface area contributed by atoms with E-state index in [1.165, 1.54) is 11.1 Å². The van der Waals surface area contributed by atoms with Crippen molar-refractivity contribution in [3.05, 3.63) is 21.9 Å². The van der Waals surface area contributed by atoms with Gasteiger partial charge in [0.05, 0.1) is 0 Å². The summed E-state index contributed by atoms with van der Waals surface area (Å²) in [7, 11) is 0. The van der Waals surface area contributed by atoms with Gasteiger partial charge in [-0.2, -0.15) is 11.3 Å². The van der Waals surface area contributed by atoms with Crippen LogP contribution in [0.3, 0.4) is 0 Å². The molecule has 0 radical (unpaired) electrons. The van der Waals surface area contributed by atoms with Crippen LogP contribution in [0, 0.1) is 12.8 Å². The van der Waals surface area contributed by atoms with Gasteiger partial charge in [-0.1, -0.05) is 13.8 Å². The second-order valence-electron chi connectivity index (χ2n) is 4.35. The van der Waals surface area contributed by atoms with Crippen LogP contribution in [0.2, 0.25) is 0 Å². The fourth-order valence-electron chi connectivity index (χ4n) is 1.36. The molecule has 0 saturated heterocycles. The zero-order valence-corrected chi connectivity index (χ0v) is 10.8. The zero-order chi connectivity index (χ0) is 11.1. The van der Waals surface area contributed by atoms with Crippen molar-refractivity contribution in [2.45, 2.75) is 27.3 Å². The summed E-state index contributed by atoms with van der Waals surface area (Å²) >= 11 is 1.78. The molecular formula is C12H22N2S. The van der Waals surface area contributed by atoms with Crippen LogP contribution < -0.4 is 10.6 Å². The lowest BCUT2D eigenvalue weighted by atomic mass is 10.2. The summed E-state index contributed by atoms with van der Waals surface area (Å²) in [5.41, 5.74) is 2.84. The van der Waals surface area contributed by atoms with Gasteiger partial charge >= 0.3 is 0 Å². The van der Waals surface area contributed by atoms with E-state index < -0.39 is 0 Å². The van der Waals surface area contributed by atoms with E-state index in [4.69, 9.17) is 0 Å². The molecule has 0 spiro atoms. The number of rotatable bonds is 7. The number of nitrogens with one attached hydrogen (secondary N) is 2. The minimum absolute atomic E-state index is 0.740. The van der Waals surface area contributed by atoms with E-state index in [-0.39, 0.29) is 0 Å². The number of hydrogen-bond donors (Lipinski definition) is 2. The average Bonchev–Trinajstić information content (AvgIpc) is 2.57. The highest BCUT2D eigenvalue weighted by atomic mass is 32.1. The zero-order valence-electron chi connectivity index (χ0n) is 9.97. The maximum absolute atomic E-state index is 3.45. The molecule has 0 aromatic carbocycles. The van der Waals surface area contributed by atoms with Gasteiger partial charge in [-0.05, 0) is 41.3 Å². The summed E-state index contributed by atoms with van der Waals surface area (Å²) in [5, 5.41) is 11.3. The normalized spacial score (nSPS) is 11.2. The Bertz CT molecular complexity index is 268. The molecule has 2 N–H and O–H groups in total. The van der Waals surface area contributed by atoms with Crippen molar-refractivity contribution in [2.24, 2.45) is 5.92 Å². The third-order valence-corrected chi connectivity index (χ3v) is 3.22. The third kappa shape index (κ3) is 5.30. The van der Waals surface area contributed by atoms with Crippen LogP contribution in [0.1, 0.15) is 25.0 Å². The second-order valence-corrected chi connectivity index (χ2v) is 5.10. The summed E-state index contributed by atoms with van der Waals surface area (Å²) < 4.78 is 0. The Morgan fingerprint density at radius 2 is 1.93 bits per heavy atom. The van der Waals surface area contributed by atoms with Crippen molar-refractivity contribution in [2.75, 3.05) is 19.6 Å². The first-order chi connectivity index (χ1) is 7.20. The van der Waals surface area contributed by atoms with Crippen LogP contribution in [-0.4, -0.2) is 19.6 Å². The first-order valence-corrected chi connectivity index (χ1v) is 6.57. The van der Waals surface area contributed by atoms with Crippen molar-refractivity contribution in [3.63, 3.8) is 0 Å². The molecule has 0 aliphatic carbocycles. The maximum Gasteiger partial charge on any atom is 0.0216 e. The third-order valence-electron chi connectivity index (χ3n) is 2.31. The summed E-state index contributed by atoms with van der Waals surface area (Å²) in [6.07, 6.45) is 0. The minimum Gasteiger partial charge on any atom is -0.315 e. The highest BCUT2D eigenvalue weighted by Gasteiger charge is 1.97. The van der Waals surface area contributed by atoms with Gasteiger partial charge in [0.1, 0.15) is 0 Å². The molecule has 0 atom stereocenters. The molecule has 0 bridgehead atoms. The van der Waals surface area contributed by atoms with E-state index in [9.17, 15) is 0 Å². The van der Waals surface area contributed by atoms with Crippen LogP contribution in [-0.2, 0) is 6.54 Å². The topological polar surface area (TPSA) is 24.1 Å². The summed E-state index contributed by atoms with van der Waals surface area (Å²) in [6, 6.07) is 0. The van der Waals surface area contributed by atoms with Gasteiger partial charge in [0.15, 0.2) is 0 Å². The Balaban J connectivity index is 2.00. The molecule has 0 fully saturated rings. The monoisotopic (exact) mass is 226 g/mol. The molecule has 15 heavy (non-hydrogen) atoms. The van der Waals surface area contributed by atoms with Gasteiger partial charge in [0, 0.05) is 19.6 Å². The number of hydrogen-bond acceptors (Lipinski definition) is 3. The van der Waals surface area contributed by atoms with Crippen LogP contribution in [0.15, 0.2) is 10.8 Å². The fraction of sp³-hybridized carbons (Fsp3) is 0.667. The Morgan fingerprint density at radius 1 is 1.20 bits per heavy atom. The first-order valence-electron chi connectivity index (χ1n) is 5.63. The summed E-state index contributed by atoms with van der Waals surface area (Å²) in [5.74, 6) is 0.740. The van der Waals surface area contributed by atoms with E-state index in [1.54, 1.807) is 11.3 Å². The first kappa shape index (κ1) is 12.7. The van der Waals surface area contributed by atoms with Crippen LogP contribution in [0.5, 0.6) is 0 Å². The number of aryl methyl sites for hydroxylation is 1. The lowest BCUT2D eigenvalue weighted by molar-refractivity contribution is 0.535. The molecule has 1 heterocycles. The van der Waals surface area contributed by atoms with Crippen molar-refractivity contribution >= 4 is 11.3 Å². The minimum atomic E-state index is 0.740. The molecule has 0 aliphatic rings. The molecule has 0 amide bonds. The predicted molar refractivity (Wildman–Crippen MR) is 68.5 cm³/mol. The van der Waals surface area contributed by atoms with Crippen molar-refractivity contribution in [1.29, 1.82) is 0 Å². The van der Waals surface area contributed by atoms with E-state index in [0.29, 0.717) is 0 Å². The molecule has 2 nitrogen and oxygen atoms in total. The second kappa shape index (κ2) is 6.99. The Kier molecular flexibility index (Phi) is 5.91. The van der Waals surface area contributed by atoms with Gasteiger partial charge < -0.3 is 10.6 Å². The summed E-state index contributed by atoms with van der Waals surface area (Å²) in [4.78, 5) is 0. The van der Waals surface area contributed by atoms with Crippen LogP contribution >= 0.6 is 11.3 Å². The average molecular weight is 226 g/mol. The molecule has 0 saturated carbocycles. The van der Waals surface area contributed by atoms with Gasteiger partial charge in [-0.25, -0.2) is 0 Å². The van der Waals surface area contributed by atoms with E-state index in [2.05, 4.69) is 42.2 Å². The van der Waals surface area contributed by atoms with Crippen molar-refractivity contribution < 1.29 is 0 Å². The van der Waals surface area contributed by atoms with Gasteiger partial charge in [-0.15, -0.1) is 0 Å². The smallest absolute Gasteiger partial charge is 0.0216 e. The Labute approximate surface area is 97.1 Å². The highest BCUT2D eigenvalue weighted by molar-refractivity contribution is 7.08. The number of thiophene rings is 1. The van der Waals surface area contributed by atoms with Crippen molar-refractivity contribution in [1.82, 2.24) is 10.6 Å². The Hall–Kier alpha value is -0.380. The molecule has 1 rings (SSSR count). The van der Waals surface area contributed by atoms with E-state index in [1.807, 2.05) is 0 Å². The molecule has 0 aliphatic heterocycles. The molecule has 0 unspecified atom stereocenters.